The lowest BCUT2D eigenvalue weighted by Gasteiger charge is -2.33. The standard InChI is InChI=1S/C23H28N2O2S2/c24-19-6-1-2-7-20(19)26-15-5-12-25-13-10-18(11-14-25)27-23(21-8-3-16-28-21)22-9-4-17-29-22/h1-4,6-9,16-18,23H,5,10-15,24H2. The molecular weight excluding hydrogens is 400 g/mol. The van der Waals surface area contributed by atoms with Crippen molar-refractivity contribution in [1.82, 2.24) is 4.90 Å². The predicted molar refractivity (Wildman–Crippen MR) is 122 cm³/mol. The average molecular weight is 429 g/mol. The predicted octanol–water partition coefficient (Wildman–Crippen LogP) is 5.43. The number of thiophene rings is 2. The third-order valence-electron chi connectivity index (χ3n) is 5.26. The van der Waals surface area contributed by atoms with Crippen molar-refractivity contribution in [3.8, 4) is 5.75 Å². The van der Waals surface area contributed by atoms with Crippen LogP contribution in [0.1, 0.15) is 35.1 Å². The minimum Gasteiger partial charge on any atom is -0.491 e. The van der Waals surface area contributed by atoms with Crippen LogP contribution in [0.3, 0.4) is 0 Å². The summed E-state index contributed by atoms with van der Waals surface area (Å²) in [5.41, 5.74) is 6.63. The van der Waals surface area contributed by atoms with Gasteiger partial charge in [-0.1, -0.05) is 24.3 Å². The molecule has 0 unspecified atom stereocenters. The van der Waals surface area contributed by atoms with E-state index >= 15 is 0 Å². The summed E-state index contributed by atoms with van der Waals surface area (Å²) in [7, 11) is 0. The van der Waals surface area contributed by atoms with Crippen LogP contribution >= 0.6 is 22.7 Å². The Hall–Kier alpha value is -1.86. The lowest BCUT2D eigenvalue weighted by Crippen LogP contribution is -2.38. The number of rotatable bonds is 9. The monoisotopic (exact) mass is 428 g/mol. The summed E-state index contributed by atoms with van der Waals surface area (Å²) in [6.45, 7) is 3.92. The van der Waals surface area contributed by atoms with Gasteiger partial charge in [0.15, 0.2) is 0 Å². The first-order chi connectivity index (χ1) is 14.3. The zero-order chi connectivity index (χ0) is 19.9. The van der Waals surface area contributed by atoms with Gasteiger partial charge in [-0.15, -0.1) is 22.7 Å². The quantitative estimate of drug-likeness (QED) is 0.365. The van der Waals surface area contributed by atoms with E-state index in [1.807, 2.05) is 24.3 Å². The van der Waals surface area contributed by atoms with E-state index in [0.29, 0.717) is 18.4 Å². The molecule has 0 spiro atoms. The summed E-state index contributed by atoms with van der Waals surface area (Å²) in [6.07, 6.45) is 3.57. The summed E-state index contributed by atoms with van der Waals surface area (Å²) >= 11 is 3.56. The van der Waals surface area contributed by atoms with Gasteiger partial charge in [0.25, 0.3) is 0 Å². The van der Waals surface area contributed by atoms with Crippen LogP contribution in [0.25, 0.3) is 0 Å². The fraction of sp³-hybridized carbons (Fsp3) is 0.391. The highest BCUT2D eigenvalue weighted by Gasteiger charge is 2.25. The SMILES string of the molecule is Nc1ccccc1OCCCN1CCC(OC(c2cccs2)c2cccs2)CC1. The zero-order valence-electron chi connectivity index (χ0n) is 16.5. The van der Waals surface area contributed by atoms with Crippen LogP contribution < -0.4 is 10.5 Å². The number of likely N-dealkylation sites (tertiary alicyclic amines) is 1. The Labute approximate surface area is 180 Å². The Morgan fingerprint density at radius 1 is 0.966 bits per heavy atom. The van der Waals surface area contributed by atoms with Crippen molar-refractivity contribution in [2.75, 3.05) is 32.0 Å². The highest BCUT2D eigenvalue weighted by atomic mass is 32.1. The van der Waals surface area contributed by atoms with Gasteiger partial charge in [0.1, 0.15) is 11.9 Å². The number of anilines is 1. The molecule has 0 amide bonds. The van der Waals surface area contributed by atoms with E-state index in [2.05, 4.69) is 39.9 Å². The van der Waals surface area contributed by atoms with Gasteiger partial charge in [0, 0.05) is 29.4 Å². The third-order valence-corrected chi connectivity index (χ3v) is 7.09. The number of benzene rings is 1. The molecule has 0 aliphatic carbocycles. The molecule has 1 aromatic carbocycles. The maximum absolute atomic E-state index is 6.58. The Morgan fingerprint density at radius 3 is 2.28 bits per heavy atom. The van der Waals surface area contributed by atoms with Crippen LogP contribution in [-0.4, -0.2) is 37.2 Å². The number of nitrogen functional groups attached to an aromatic ring is 1. The highest BCUT2D eigenvalue weighted by Crippen LogP contribution is 2.35. The second-order valence-electron chi connectivity index (χ2n) is 7.33. The molecule has 3 aromatic rings. The topological polar surface area (TPSA) is 47.7 Å². The van der Waals surface area contributed by atoms with Crippen molar-refractivity contribution >= 4 is 28.4 Å². The second kappa shape index (κ2) is 10.3. The lowest BCUT2D eigenvalue weighted by molar-refractivity contribution is -0.0246. The molecule has 0 radical (unpaired) electrons. The van der Waals surface area contributed by atoms with Gasteiger partial charge in [0.2, 0.25) is 0 Å². The maximum atomic E-state index is 6.58. The Morgan fingerprint density at radius 2 is 1.66 bits per heavy atom. The van der Waals surface area contributed by atoms with Crippen LogP contribution in [0.2, 0.25) is 0 Å². The first kappa shape index (κ1) is 20.4. The largest absolute Gasteiger partial charge is 0.491 e. The number of nitrogens with zero attached hydrogens (tertiary/aromatic N) is 1. The maximum Gasteiger partial charge on any atom is 0.142 e. The fourth-order valence-electron chi connectivity index (χ4n) is 3.70. The van der Waals surface area contributed by atoms with Gasteiger partial charge in [-0.3, -0.25) is 0 Å². The van der Waals surface area contributed by atoms with E-state index in [1.165, 1.54) is 9.75 Å². The Kier molecular flexibility index (Phi) is 7.22. The number of para-hydroxylation sites is 2. The summed E-state index contributed by atoms with van der Waals surface area (Å²) in [6, 6.07) is 16.3. The second-order valence-corrected chi connectivity index (χ2v) is 9.29. The van der Waals surface area contributed by atoms with Crippen molar-refractivity contribution in [3.05, 3.63) is 69.0 Å². The summed E-state index contributed by atoms with van der Waals surface area (Å²) in [5.74, 6) is 0.785. The smallest absolute Gasteiger partial charge is 0.142 e. The van der Waals surface area contributed by atoms with Crippen LogP contribution in [0, 0.1) is 0 Å². The first-order valence-electron chi connectivity index (χ1n) is 10.2. The Bertz CT molecular complexity index is 809. The lowest BCUT2D eigenvalue weighted by atomic mass is 10.1. The minimum absolute atomic E-state index is 0.0799. The highest BCUT2D eigenvalue weighted by molar-refractivity contribution is 7.11. The molecule has 3 heterocycles. The van der Waals surface area contributed by atoms with Crippen LogP contribution in [0.4, 0.5) is 5.69 Å². The molecule has 1 fully saturated rings. The molecule has 0 bridgehead atoms. The van der Waals surface area contributed by atoms with E-state index in [-0.39, 0.29) is 6.10 Å². The van der Waals surface area contributed by atoms with Gasteiger partial charge in [-0.2, -0.15) is 0 Å². The molecule has 0 atom stereocenters. The molecule has 154 valence electrons. The van der Waals surface area contributed by atoms with Gasteiger partial charge in [0.05, 0.1) is 18.4 Å². The molecular formula is C23H28N2O2S2. The van der Waals surface area contributed by atoms with Crippen molar-refractivity contribution in [1.29, 1.82) is 0 Å². The molecule has 1 aliphatic heterocycles. The number of hydrogen-bond donors (Lipinski definition) is 1. The minimum atomic E-state index is 0.0799. The molecule has 2 N–H and O–H groups in total. The average Bonchev–Trinajstić information content (AvgIpc) is 3.46. The van der Waals surface area contributed by atoms with Crippen LogP contribution in [0.15, 0.2) is 59.3 Å². The fourth-order valence-corrected chi connectivity index (χ4v) is 5.33. The van der Waals surface area contributed by atoms with Crippen molar-refractivity contribution in [3.63, 3.8) is 0 Å². The van der Waals surface area contributed by atoms with E-state index in [4.69, 9.17) is 15.2 Å². The molecule has 4 nitrogen and oxygen atoms in total. The van der Waals surface area contributed by atoms with E-state index in [9.17, 15) is 0 Å². The van der Waals surface area contributed by atoms with Crippen LogP contribution in [-0.2, 0) is 4.74 Å². The molecule has 4 rings (SSSR count). The molecule has 2 aromatic heterocycles. The zero-order valence-corrected chi connectivity index (χ0v) is 18.2. The summed E-state index contributed by atoms with van der Waals surface area (Å²) < 4.78 is 12.4. The first-order valence-corrected chi connectivity index (χ1v) is 12.0. The van der Waals surface area contributed by atoms with Crippen molar-refractivity contribution in [2.24, 2.45) is 0 Å². The van der Waals surface area contributed by atoms with E-state index in [1.54, 1.807) is 22.7 Å². The number of ether oxygens (including phenoxy) is 2. The number of nitrogens with two attached hydrogens (primary N) is 1. The summed E-state index contributed by atoms with van der Waals surface area (Å²) in [5, 5.41) is 4.26. The number of piperidine rings is 1. The van der Waals surface area contributed by atoms with Gasteiger partial charge in [-0.05, 0) is 54.3 Å². The summed E-state index contributed by atoms with van der Waals surface area (Å²) in [4.78, 5) is 5.11. The molecule has 6 heteroatoms. The van der Waals surface area contributed by atoms with Gasteiger partial charge < -0.3 is 20.1 Å². The third kappa shape index (κ3) is 5.60. The van der Waals surface area contributed by atoms with E-state index < -0.39 is 0 Å². The molecule has 0 saturated carbocycles. The van der Waals surface area contributed by atoms with Gasteiger partial charge in [-0.25, -0.2) is 0 Å². The normalized spacial score (nSPS) is 15.8. The molecule has 1 aliphatic rings. The Balaban J connectivity index is 1.20. The molecule has 29 heavy (non-hydrogen) atoms. The van der Waals surface area contributed by atoms with Crippen molar-refractivity contribution < 1.29 is 9.47 Å². The van der Waals surface area contributed by atoms with Gasteiger partial charge >= 0.3 is 0 Å². The van der Waals surface area contributed by atoms with Crippen LogP contribution in [0.5, 0.6) is 5.75 Å². The van der Waals surface area contributed by atoms with E-state index in [0.717, 1.165) is 44.6 Å². The van der Waals surface area contributed by atoms with Crippen molar-refractivity contribution in [2.45, 2.75) is 31.5 Å². The molecule has 1 saturated heterocycles. The number of hydrogen-bond acceptors (Lipinski definition) is 6.